The smallest absolute Gasteiger partial charge is 0.0250 e. The van der Waals surface area contributed by atoms with Crippen LogP contribution in [0.25, 0.3) is 0 Å². The Hall–Kier alpha value is -0.0800. The van der Waals surface area contributed by atoms with Crippen LogP contribution < -0.4 is 5.73 Å². The Labute approximate surface area is 107 Å². The van der Waals surface area contributed by atoms with Crippen LogP contribution in [0, 0.1) is 11.3 Å². The molecule has 1 aliphatic carbocycles. The zero-order valence-corrected chi connectivity index (χ0v) is 11.9. The molecular formula is C15H30N2. The van der Waals surface area contributed by atoms with Crippen LogP contribution in [0.3, 0.4) is 0 Å². The summed E-state index contributed by atoms with van der Waals surface area (Å²) in [6.45, 7) is 9.62. The molecule has 1 heterocycles. The summed E-state index contributed by atoms with van der Waals surface area (Å²) in [7, 11) is 0. The SMILES string of the molecule is CCCC1CCC(N)C(N2CCC(C)(C)C2)C1. The summed E-state index contributed by atoms with van der Waals surface area (Å²) in [6.07, 6.45) is 8.04. The highest BCUT2D eigenvalue weighted by Gasteiger charge is 2.38. The molecule has 0 spiro atoms. The van der Waals surface area contributed by atoms with Crippen molar-refractivity contribution in [3.8, 4) is 0 Å². The van der Waals surface area contributed by atoms with E-state index >= 15 is 0 Å². The van der Waals surface area contributed by atoms with E-state index in [2.05, 4.69) is 25.7 Å². The lowest BCUT2D eigenvalue weighted by Gasteiger charge is -2.40. The third-order valence-electron chi connectivity index (χ3n) is 4.85. The van der Waals surface area contributed by atoms with Gasteiger partial charge in [0.1, 0.15) is 0 Å². The monoisotopic (exact) mass is 238 g/mol. The molecule has 0 aromatic rings. The van der Waals surface area contributed by atoms with Crippen molar-refractivity contribution in [1.29, 1.82) is 0 Å². The van der Waals surface area contributed by atoms with Gasteiger partial charge in [-0.3, -0.25) is 4.90 Å². The van der Waals surface area contributed by atoms with Crippen molar-refractivity contribution in [2.75, 3.05) is 13.1 Å². The Bertz CT molecular complexity index is 249. The maximum atomic E-state index is 6.36. The molecule has 0 bridgehead atoms. The summed E-state index contributed by atoms with van der Waals surface area (Å²) in [6, 6.07) is 1.10. The molecule has 1 saturated carbocycles. The van der Waals surface area contributed by atoms with Crippen molar-refractivity contribution in [3.63, 3.8) is 0 Å². The number of rotatable bonds is 3. The van der Waals surface area contributed by atoms with Crippen molar-refractivity contribution >= 4 is 0 Å². The van der Waals surface area contributed by atoms with E-state index in [1.165, 1.54) is 51.6 Å². The fourth-order valence-corrected chi connectivity index (χ4v) is 3.78. The first kappa shape index (κ1) is 13.4. The molecule has 2 fully saturated rings. The zero-order valence-electron chi connectivity index (χ0n) is 11.9. The highest BCUT2D eigenvalue weighted by molar-refractivity contribution is 4.94. The van der Waals surface area contributed by atoms with Crippen molar-refractivity contribution in [2.24, 2.45) is 17.1 Å². The number of hydrogen-bond donors (Lipinski definition) is 1. The Balaban J connectivity index is 1.94. The Kier molecular flexibility index (Phi) is 4.14. The van der Waals surface area contributed by atoms with Gasteiger partial charge in [0.25, 0.3) is 0 Å². The molecule has 0 aromatic carbocycles. The predicted molar refractivity (Wildman–Crippen MR) is 74.0 cm³/mol. The molecule has 17 heavy (non-hydrogen) atoms. The standard InChI is InChI=1S/C15H30N2/c1-4-5-12-6-7-13(16)14(10-12)17-9-8-15(2,3)11-17/h12-14H,4-11,16H2,1-3H3. The summed E-state index contributed by atoms with van der Waals surface area (Å²) in [4.78, 5) is 2.69. The second kappa shape index (κ2) is 5.27. The van der Waals surface area contributed by atoms with Gasteiger partial charge in [0.05, 0.1) is 0 Å². The number of nitrogens with two attached hydrogens (primary N) is 1. The maximum absolute atomic E-state index is 6.36. The minimum absolute atomic E-state index is 0.428. The zero-order chi connectivity index (χ0) is 12.5. The molecule has 2 nitrogen and oxygen atoms in total. The van der Waals surface area contributed by atoms with Crippen LogP contribution in [0.5, 0.6) is 0 Å². The van der Waals surface area contributed by atoms with Gasteiger partial charge in [-0.25, -0.2) is 0 Å². The van der Waals surface area contributed by atoms with Gasteiger partial charge in [-0.15, -0.1) is 0 Å². The van der Waals surface area contributed by atoms with Gasteiger partial charge < -0.3 is 5.73 Å². The predicted octanol–water partition coefficient (Wildman–Crippen LogP) is 3.01. The van der Waals surface area contributed by atoms with Crippen LogP contribution in [0.1, 0.15) is 59.3 Å². The first-order valence-corrected chi connectivity index (χ1v) is 7.51. The number of hydrogen-bond acceptors (Lipinski definition) is 2. The highest BCUT2D eigenvalue weighted by Crippen LogP contribution is 2.36. The summed E-state index contributed by atoms with van der Waals surface area (Å²) in [5.74, 6) is 0.938. The van der Waals surface area contributed by atoms with Crippen molar-refractivity contribution in [3.05, 3.63) is 0 Å². The second-order valence-electron chi connectivity index (χ2n) is 7.08. The molecule has 0 amide bonds. The quantitative estimate of drug-likeness (QED) is 0.819. The normalized spacial score (nSPS) is 38.5. The minimum atomic E-state index is 0.428. The lowest BCUT2D eigenvalue weighted by Crippen LogP contribution is -2.50. The van der Waals surface area contributed by atoms with E-state index < -0.39 is 0 Å². The fraction of sp³-hybridized carbons (Fsp3) is 1.00. The van der Waals surface area contributed by atoms with Crippen molar-refractivity contribution in [1.82, 2.24) is 4.90 Å². The van der Waals surface area contributed by atoms with Crippen molar-refractivity contribution in [2.45, 2.75) is 71.4 Å². The maximum Gasteiger partial charge on any atom is 0.0250 e. The summed E-state index contributed by atoms with van der Waals surface area (Å²) < 4.78 is 0. The molecule has 2 heteroatoms. The van der Waals surface area contributed by atoms with Crippen LogP contribution in [-0.2, 0) is 0 Å². The van der Waals surface area contributed by atoms with Crippen LogP contribution >= 0.6 is 0 Å². The Morgan fingerprint density at radius 1 is 1.29 bits per heavy atom. The molecule has 2 aliphatic rings. The van der Waals surface area contributed by atoms with Gasteiger partial charge in [-0.05, 0) is 43.6 Å². The van der Waals surface area contributed by atoms with Crippen LogP contribution in [-0.4, -0.2) is 30.1 Å². The van der Waals surface area contributed by atoms with E-state index in [-0.39, 0.29) is 0 Å². The third-order valence-corrected chi connectivity index (χ3v) is 4.85. The number of nitrogens with zero attached hydrogens (tertiary/aromatic N) is 1. The molecule has 2 rings (SSSR count). The van der Waals surface area contributed by atoms with Gasteiger partial charge in [0.2, 0.25) is 0 Å². The Morgan fingerprint density at radius 3 is 2.65 bits per heavy atom. The highest BCUT2D eigenvalue weighted by atomic mass is 15.2. The van der Waals surface area contributed by atoms with E-state index in [9.17, 15) is 0 Å². The van der Waals surface area contributed by atoms with Gasteiger partial charge >= 0.3 is 0 Å². The molecule has 0 aromatic heterocycles. The molecule has 0 radical (unpaired) electrons. The van der Waals surface area contributed by atoms with Crippen LogP contribution in [0.4, 0.5) is 0 Å². The number of likely N-dealkylation sites (tertiary alicyclic amines) is 1. The van der Waals surface area contributed by atoms with E-state index in [0.717, 1.165) is 5.92 Å². The van der Waals surface area contributed by atoms with Gasteiger partial charge in [-0.2, -0.15) is 0 Å². The summed E-state index contributed by atoms with van der Waals surface area (Å²) >= 11 is 0. The lowest BCUT2D eigenvalue weighted by molar-refractivity contribution is 0.122. The summed E-state index contributed by atoms with van der Waals surface area (Å²) in [5, 5.41) is 0. The Morgan fingerprint density at radius 2 is 2.06 bits per heavy atom. The lowest BCUT2D eigenvalue weighted by atomic mass is 9.80. The summed E-state index contributed by atoms with van der Waals surface area (Å²) in [5.41, 5.74) is 6.88. The van der Waals surface area contributed by atoms with Crippen molar-refractivity contribution < 1.29 is 0 Å². The van der Waals surface area contributed by atoms with E-state index in [1.807, 2.05) is 0 Å². The molecule has 1 saturated heterocycles. The second-order valence-corrected chi connectivity index (χ2v) is 7.08. The molecule has 3 unspecified atom stereocenters. The molecular weight excluding hydrogens is 208 g/mol. The van der Waals surface area contributed by atoms with E-state index in [0.29, 0.717) is 17.5 Å². The molecule has 1 aliphatic heterocycles. The minimum Gasteiger partial charge on any atom is -0.326 e. The average molecular weight is 238 g/mol. The largest absolute Gasteiger partial charge is 0.326 e. The first-order valence-electron chi connectivity index (χ1n) is 7.51. The fourth-order valence-electron chi connectivity index (χ4n) is 3.78. The molecule has 2 N–H and O–H groups in total. The molecule has 3 atom stereocenters. The van der Waals surface area contributed by atoms with Crippen LogP contribution in [0.2, 0.25) is 0 Å². The van der Waals surface area contributed by atoms with E-state index in [1.54, 1.807) is 0 Å². The van der Waals surface area contributed by atoms with Gasteiger partial charge in [0.15, 0.2) is 0 Å². The average Bonchev–Trinajstić information content (AvgIpc) is 2.62. The van der Waals surface area contributed by atoms with Gasteiger partial charge in [-0.1, -0.05) is 33.6 Å². The van der Waals surface area contributed by atoms with Gasteiger partial charge in [0, 0.05) is 18.6 Å². The van der Waals surface area contributed by atoms with Crippen LogP contribution in [0.15, 0.2) is 0 Å². The topological polar surface area (TPSA) is 29.3 Å². The first-order chi connectivity index (χ1) is 8.02. The molecule has 100 valence electrons. The van der Waals surface area contributed by atoms with E-state index in [4.69, 9.17) is 5.73 Å². The third kappa shape index (κ3) is 3.23.